The second-order valence-corrected chi connectivity index (χ2v) is 4.22. The highest BCUT2D eigenvalue weighted by atomic mass is 35.5. The molecule has 0 N–H and O–H groups in total. The first-order valence-electron chi connectivity index (χ1n) is 4.14. The first-order valence-corrected chi connectivity index (χ1v) is 5.34. The van der Waals surface area contributed by atoms with Crippen LogP contribution < -0.4 is 0 Å². The summed E-state index contributed by atoms with van der Waals surface area (Å²) in [6.45, 7) is 0. The van der Waals surface area contributed by atoms with Crippen molar-refractivity contribution in [1.82, 2.24) is 9.97 Å². The summed E-state index contributed by atoms with van der Waals surface area (Å²) in [6, 6.07) is 4.83. The van der Waals surface area contributed by atoms with Gasteiger partial charge < -0.3 is 0 Å². The lowest BCUT2D eigenvalue weighted by atomic mass is 10.5. The summed E-state index contributed by atoms with van der Waals surface area (Å²) in [7, 11) is 0. The van der Waals surface area contributed by atoms with Gasteiger partial charge in [0.2, 0.25) is 0 Å². The molecular formula is C10H6ClFN2S. The molecule has 0 spiro atoms. The molecule has 2 aromatic heterocycles. The molecule has 2 aromatic rings. The van der Waals surface area contributed by atoms with E-state index in [0.717, 1.165) is 4.90 Å². The van der Waals surface area contributed by atoms with Gasteiger partial charge in [0.05, 0.1) is 5.02 Å². The van der Waals surface area contributed by atoms with Gasteiger partial charge in [-0.3, -0.25) is 4.98 Å². The Kier molecular flexibility index (Phi) is 3.18. The number of pyridine rings is 2. The smallest absolute Gasteiger partial charge is 0.157 e. The van der Waals surface area contributed by atoms with Crippen LogP contribution >= 0.6 is 23.4 Å². The molecule has 76 valence electrons. The summed E-state index contributed by atoms with van der Waals surface area (Å²) < 4.78 is 13.4. The van der Waals surface area contributed by atoms with Crippen molar-refractivity contribution in [2.75, 3.05) is 0 Å². The maximum absolute atomic E-state index is 13.4. The summed E-state index contributed by atoms with van der Waals surface area (Å²) in [5.41, 5.74) is 0. The van der Waals surface area contributed by atoms with E-state index in [4.69, 9.17) is 11.6 Å². The van der Waals surface area contributed by atoms with Gasteiger partial charge in [-0.15, -0.1) is 0 Å². The van der Waals surface area contributed by atoms with Crippen molar-refractivity contribution in [1.29, 1.82) is 0 Å². The third kappa shape index (κ3) is 2.67. The van der Waals surface area contributed by atoms with Gasteiger partial charge in [-0.05, 0) is 18.2 Å². The van der Waals surface area contributed by atoms with E-state index in [0.29, 0.717) is 10.0 Å². The molecule has 0 fully saturated rings. The van der Waals surface area contributed by atoms with E-state index >= 15 is 0 Å². The number of aromatic nitrogens is 2. The Morgan fingerprint density at radius 3 is 2.67 bits per heavy atom. The van der Waals surface area contributed by atoms with Gasteiger partial charge in [0.15, 0.2) is 5.82 Å². The molecule has 0 aromatic carbocycles. The van der Waals surface area contributed by atoms with Gasteiger partial charge >= 0.3 is 0 Å². The SMILES string of the molecule is Fc1cc(Cl)cnc1Sc1ccncc1. The maximum atomic E-state index is 13.4. The third-order valence-electron chi connectivity index (χ3n) is 1.64. The molecule has 0 aliphatic carbocycles. The zero-order valence-electron chi connectivity index (χ0n) is 7.52. The lowest BCUT2D eigenvalue weighted by Gasteiger charge is -2.01. The highest BCUT2D eigenvalue weighted by Gasteiger charge is 2.06. The van der Waals surface area contributed by atoms with Crippen LogP contribution in [0, 0.1) is 5.82 Å². The zero-order chi connectivity index (χ0) is 10.7. The first kappa shape index (κ1) is 10.4. The molecule has 0 amide bonds. The Labute approximate surface area is 95.5 Å². The predicted molar refractivity (Wildman–Crippen MR) is 57.6 cm³/mol. The Morgan fingerprint density at radius 2 is 2.00 bits per heavy atom. The van der Waals surface area contributed by atoms with E-state index in [1.807, 2.05) is 0 Å². The van der Waals surface area contributed by atoms with Crippen LogP contribution in [0.15, 0.2) is 46.7 Å². The molecule has 15 heavy (non-hydrogen) atoms. The van der Waals surface area contributed by atoms with Crippen molar-refractivity contribution in [3.63, 3.8) is 0 Å². The van der Waals surface area contributed by atoms with E-state index in [2.05, 4.69) is 9.97 Å². The van der Waals surface area contributed by atoms with Crippen LogP contribution in [0.2, 0.25) is 5.02 Å². The summed E-state index contributed by atoms with van der Waals surface area (Å²) in [4.78, 5) is 8.67. The topological polar surface area (TPSA) is 25.8 Å². The van der Waals surface area contributed by atoms with Gasteiger partial charge in [-0.1, -0.05) is 23.4 Å². The van der Waals surface area contributed by atoms with Gasteiger partial charge in [0.1, 0.15) is 5.03 Å². The first-order chi connectivity index (χ1) is 7.25. The van der Waals surface area contributed by atoms with Crippen LogP contribution in [-0.2, 0) is 0 Å². The van der Waals surface area contributed by atoms with E-state index in [1.165, 1.54) is 24.0 Å². The van der Waals surface area contributed by atoms with Crippen molar-refractivity contribution in [3.8, 4) is 0 Å². The molecule has 0 saturated carbocycles. The van der Waals surface area contributed by atoms with Crippen molar-refractivity contribution < 1.29 is 4.39 Å². The average molecular weight is 241 g/mol. The van der Waals surface area contributed by atoms with Crippen LogP contribution in [-0.4, -0.2) is 9.97 Å². The van der Waals surface area contributed by atoms with Crippen LogP contribution in [0.1, 0.15) is 0 Å². The number of hydrogen-bond acceptors (Lipinski definition) is 3. The van der Waals surface area contributed by atoms with Crippen molar-refractivity contribution in [3.05, 3.63) is 47.6 Å². The zero-order valence-corrected chi connectivity index (χ0v) is 9.10. The average Bonchev–Trinajstić information content (AvgIpc) is 2.24. The fourth-order valence-corrected chi connectivity index (χ4v) is 1.88. The quantitative estimate of drug-likeness (QED) is 0.805. The molecule has 0 atom stereocenters. The van der Waals surface area contributed by atoms with E-state index < -0.39 is 5.82 Å². The molecule has 0 bridgehead atoms. The van der Waals surface area contributed by atoms with E-state index in [-0.39, 0.29) is 0 Å². The minimum atomic E-state index is -0.413. The summed E-state index contributed by atoms with van der Waals surface area (Å²) in [5, 5.41) is 0.608. The molecule has 0 saturated heterocycles. The predicted octanol–water partition coefficient (Wildman–Crippen LogP) is 3.42. The van der Waals surface area contributed by atoms with Gasteiger partial charge in [0, 0.05) is 23.5 Å². The van der Waals surface area contributed by atoms with E-state index in [1.54, 1.807) is 24.5 Å². The largest absolute Gasteiger partial charge is 0.265 e. The molecular weight excluding hydrogens is 235 g/mol. The standard InChI is InChI=1S/C10H6ClFN2S/c11-7-5-9(12)10(14-6-7)15-8-1-3-13-4-2-8/h1-6H. The van der Waals surface area contributed by atoms with Gasteiger partial charge in [0.25, 0.3) is 0 Å². The molecule has 2 heterocycles. The fourth-order valence-electron chi connectivity index (χ4n) is 0.995. The lowest BCUT2D eigenvalue weighted by molar-refractivity contribution is 0.588. The van der Waals surface area contributed by atoms with Crippen LogP contribution in [0.25, 0.3) is 0 Å². The Balaban J connectivity index is 2.25. The third-order valence-corrected chi connectivity index (χ3v) is 2.85. The van der Waals surface area contributed by atoms with Crippen molar-refractivity contribution >= 4 is 23.4 Å². The Hall–Kier alpha value is -1.13. The van der Waals surface area contributed by atoms with Crippen LogP contribution in [0.5, 0.6) is 0 Å². The molecule has 0 aliphatic rings. The number of rotatable bonds is 2. The fraction of sp³-hybridized carbons (Fsp3) is 0. The van der Waals surface area contributed by atoms with Crippen molar-refractivity contribution in [2.45, 2.75) is 9.92 Å². The minimum absolute atomic E-state index is 0.298. The number of hydrogen-bond donors (Lipinski definition) is 0. The second kappa shape index (κ2) is 4.59. The second-order valence-electron chi connectivity index (χ2n) is 2.73. The lowest BCUT2D eigenvalue weighted by Crippen LogP contribution is -1.86. The van der Waals surface area contributed by atoms with Gasteiger partial charge in [-0.2, -0.15) is 0 Å². The number of nitrogens with zero attached hydrogens (tertiary/aromatic N) is 2. The molecule has 0 radical (unpaired) electrons. The van der Waals surface area contributed by atoms with E-state index in [9.17, 15) is 4.39 Å². The van der Waals surface area contributed by atoms with Crippen molar-refractivity contribution in [2.24, 2.45) is 0 Å². The summed E-state index contributed by atoms with van der Waals surface area (Å²) >= 11 is 6.84. The number of halogens is 2. The highest BCUT2D eigenvalue weighted by Crippen LogP contribution is 2.28. The monoisotopic (exact) mass is 240 g/mol. The van der Waals surface area contributed by atoms with Crippen LogP contribution in [0.4, 0.5) is 4.39 Å². The maximum Gasteiger partial charge on any atom is 0.157 e. The van der Waals surface area contributed by atoms with Crippen LogP contribution in [0.3, 0.4) is 0 Å². The Morgan fingerprint density at radius 1 is 1.27 bits per heavy atom. The Bertz CT molecular complexity index is 464. The normalized spacial score (nSPS) is 10.3. The molecule has 0 aliphatic heterocycles. The highest BCUT2D eigenvalue weighted by molar-refractivity contribution is 7.99. The molecule has 0 unspecified atom stereocenters. The summed E-state index contributed by atoms with van der Waals surface area (Å²) in [5.74, 6) is -0.413. The van der Waals surface area contributed by atoms with Gasteiger partial charge in [-0.25, -0.2) is 9.37 Å². The molecule has 2 rings (SSSR count). The minimum Gasteiger partial charge on any atom is -0.265 e. The molecule has 2 nitrogen and oxygen atoms in total. The summed E-state index contributed by atoms with van der Waals surface area (Å²) in [6.07, 6.45) is 4.72. The molecule has 5 heteroatoms.